The third kappa shape index (κ3) is 4.35. The Balaban J connectivity index is 1.61. The quantitative estimate of drug-likeness (QED) is 0.515. The molecular weight excluding hydrogens is 348 g/mol. The van der Waals surface area contributed by atoms with Crippen LogP contribution < -0.4 is 11.5 Å². The average molecular weight is 368 g/mol. The number of hydrogen-bond donors (Lipinski definition) is 2. The molecule has 5 nitrogen and oxygen atoms in total. The first kappa shape index (κ1) is 18.3. The van der Waals surface area contributed by atoms with Gasteiger partial charge in [0.1, 0.15) is 12.1 Å². The van der Waals surface area contributed by atoms with Gasteiger partial charge < -0.3 is 16.2 Å². The van der Waals surface area contributed by atoms with E-state index < -0.39 is 24.0 Å². The molecule has 134 valence electrons. The monoisotopic (exact) mass is 368 g/mol. The lowest BCUT2D eigenvalue weighted by atomic mass is 9.99. The van der Waals surface area contributed by atoms with Crippen LogP contribution in [0.1, 0.15) is 10.4 Å². The van der Waals surface area contributed by atoms with Crippen LogP contribution in [0.4, 0.5) is 0 Å². The van der Waals surface area contributed by atoms with E-state index in [1.54, 1.807) is 0 Å². The second-order valence-corrected chi connectivity index (χ2v) is 7.11. The summed E-state index contributed by atoms with van der Waals surface area (Å²) in [5, 5.41) is 4.00. The minimum Gasteiger partial charge on any atom is -0.391 e. The van der Waals surface area contributed by atoms with Crippen molar-refractivity contribution in [3.05, 3.63) is 70.4 Å². The summed E-state index contributed by atoms with van der Waals surface area (Å²) in [7, 11) is 0. The van der Waals surface area contributed by atoms with E-state index in [-0.39, 0.29) is 6.42 Å². The first-order valence-corrected chi connectivity index (χ1v) is 9.18. The fourth-order valence-corrected chi connectivity index (χ4v) is 3.53. The van der Waals surface area contributed by atoms with Gasteiger partial charge in [0, 0.05) is 11.3 Å². The number of nitrogens with two attached hydrogens (primary N) is 2. The zero-order valence-electron chi connectivity index (χ0n) is 14.1. The summed E-state index contributed by atoms with van der Waals surface area (Å²) in [6.07, 6.45) is 0.621. The molecule has 0 radical (unpaired) electrons. The molecule has 0 spiro atoms. The molecule has 2 aromatic carbocycles. The highest BCUT2D eigenvalue weighted by Crippen LogP contribution is 2.19. The Morgan fingerprint density at radius 3 is 2.31 bits per heavy atom. The van der Waals surface area contributed by atoms with Crippen LogP contribution in [-0.2, 0) is 27.2 Å². The van der Waals surface area contributed by atoms with Gasteiger partial charge in [-0.15, -0.1) is 11.3 Å². The van der Waals surface area contributed by atoms with E-state index in [0.29, 0.717) is 6.42 Å². The predicted molar refractivity (Wildman–Crippen MR) is 103 cm³/mol. The van der Waals surface area contributed by atoms with Crippen LogP contribution in [0.3, 0.4) is 0 Å². The van der Waals surface area contributed by atoms with Crippen LogP contribution in [0.2, 0.25) is 0 Å². The molecule has 0 amide bonds. The zero-order valence-corrected chi connectivity index (χ0v) is 14.9. The molecule has 0 fully saturated rings. The van der Waals surface area contributed by atoms with E-state index in [1.165, 1.54) is 11.3 Å². The Morgan fingerprint density at radius 1 is 0.885 bits per heavy atom. The summed E-state index contributed by atoms with van der Waals surface area (Å²) in [6.45, 7) is 0. The molecule has 0 bridgehead atoms. The van der Waals surface area contributed by atoms with E-state index in [2.05, 4.69) is 0 Å². The van der Waals surface area contributed by atoms with Gasteiger partial charge in [-0.25, -0.2) is 9.59 Å². The van der Waals surface area contributed by atoms with Gasteiger partial charge in [-0.05, 0) is 34.2 Å². The Hall–Kier alpha value is -2.54. The predicted octanol–water partition coefficient (Wildman–Crippen LogP) is 2.41. The number of benzene rings is 2. The molecule has 2 atom stereocenters. The number of carbonyl (C=O) groups is 2. The molecule has 0 saturated carbocycles. The maximum absolute atomic E-state index is 12.2. The average Bonchev–Trinajstić information content (AvgIpc) is 3.14. The van der Waals surface area contributed by atoms with Gasteiger partial charge in [-0.2, -0.15) is 0 Å². The Kier molecular flexibility index (Phi) is 5.78. The minimum absolute atomic E-state index is 0.285. The van der Waals surface area contributed by atoms with Crippen molar-refractivity contribution in [3.63, 3.8) is 0 Å². The molecule has 26 heavy (non-hydrogen) atoms. The Bertz CT molecular complexity index is 903. The highest BCUT2D eigenvalue weighted by molar-refractivity contribution is 7.09. The Labute approximate surface area is 155 Å². The second kappa shape index (κ2) is 8.23. The molecule has 0 aliphatic carbocycles. The number of rotatable bonds is 6. The normalized spacial score (nSPS) is 13.3. The fourth-order valence-electron chi connectivity index (χ4n) is 2.77. The van der Waals surface area contributed by atoms with Gasteiger partial charge in [-0.1, -0.05) is 48.5 Å². The van der Waals surface area contributed by atoms with Gasteiger partial charge in [0.15, 0.2) is 0 Å². The van der Waals surface area contributed by atoms with Crippen LogP contribution in [0.25, 0.3) is 10.8 Å². The van der Waals surface area contributed by atoms with Gasteiger partial charge in [0.2, 0.25) is 0 Å². The summed E-state index contributed by atoms with van der Waals surface area (Å²) < 4.78 is 4.88. The van der Waals surface area contributed by atoms with Crippen LogP contribution in [-0.4, -0.2) is 24.0 Å². The van der Waals surface area contributed by atoms with E-state index in [0.717, 1.165) is 21.2 Å². The van der Waals surface area contributed by atoms with E-state index in [4.69, 9.17) is 16.2 Å². The third-order valence-electron chi connectivity index (χ3n) is 4.13. The molecule has 0 aliphatic rings. The SMILES string of the molecule is N[C@@H](Cc1cccs1)C(=O)OC(=O)[C@@H](N)Cc1cccc2ccccc12. The lowest BCUT2D eigenvalue weighted by Gasteiger charge is -2.14. The fraction of sp³-hybridized carbons (Fsp3) is 0.200. The standard InChI is InChI=1S/C20H20N2O3S/c21-17(11-14-7-3-6-13-5-1-2-9-16(13)14)19(23)25-20(24)18(22)12-15-8-4-10-26-15/h1-10,17-18H,11-12,21-22H2/t17-,18-/m0/s1. The minimum atomic E-state index is -0.932. The van der Waals surface area contributed by atoms with Crippen LogP contribution in [0, 0.1) is 0 Å². The van der Waals surface area contributed by atoms with E-state index >= 15 is 0 Å². The highest BCUT2D eigenvalue weighted by atomic mass is 32.1. The molecule has 4 N–H and O–H groups in total. The van der Waals surface area contributed by atoms with Crippen LogP contribution >= 0.6 is 11.3 Å². The van der Waals surface area contributed by atoms with Crippen LogP contribution in [0.15, 0.2) is 60.0 Å². The molecule has 1 heterocycles. The molecule has 6 heteroatoms. The van der Waals surface area contributed by atoms with Gasteiger partial charge in [0.25, 0.3) is 0 Å². The van der Waals surface area contributed by atoms with Crippen molar-refractivity contribution in [2.75, 3.05) is 0 Å². The van der Waals surface area contributed by atoms with Crippen molar-refractivity contribution >= 4 is 34.0 Å². The first-order chi connectivity index (χ1) is 12.5. The number of carbonyl (C=O) groups excluding carboxylic acids is 2. The van der Waals surface area contributed by atoms with Crippen molar-refractivity contribution < 1.29 is 14.3 Å². The van der Waals surface area contributed by atoms with Gasteiger partial charge >= 0.3 is 11.9 Å². The highest BCUT2D eigenvalue weighted by Gasteiger charge is 2.24. The summed E-state index contributed by atoms with van der Waals surface area (Å²) in [6, 6.07) is 15.6. The van der Waals surface area contributed by atoms with Gasteiger partial charge in [0.05, 0.1) is 0 Å². The van der Waals surface area contributed by atoms with Crippen molar-refractivity contribution in [3.8, 4) is 0 Å². The molecule has 0 unspecified atom stereocenters. The second-order valence-electron chi connectivity index (χ2n) is 6.08. The maximum atomic E-state index is 12.2. The third-order valence-corrected chi connectivity index (χ3v) is 5.03. The van der Waals surface area contributed by atoms with Crippen molar-refractivity contribution in [2.45, 2.75) is 24.9 Å². The van der Waals surface area contributed by atoms with E-state index in [1.807, 2.05) is 60.0 Å². The number of thiophene rings is 1. The lowest BCUT2D eigenvalue weighted by molar-refractivity contribution is -0.161. The number of fused-ring (bicyclic) bond motifs is 1. The molecule has 3 rings (SSSR count). The zero-order chi connectivity index (χ0) is 18.5. The van der Waals surface area contributed by atoms with Crippen molar-refractivity contribution in [1.29, 1.82) is 0 Å². The molecule has 1 aromatic heterocycles. The van der Waals surface area contributed by atoms with Crippen LogP contribution in [0.5, 0.6) is 0 Å². The topological polar surface area (TPSA) is 95.4 Å². The molecule has 0 aliphatic heterocycles. The van der Waals surface area contributed by atoms with Crippen molar-refractivity contribution in [1.82, 2.24) is 0 Å². The van der Waals surface area contributed by atoms with E-state index in [9.17, 15) is 9.59 Å². The van der Waals surface area contributed by atoms with Gasteiger partial charge in [-0.3, -0.25) is 0 Å². The Morgan fingerprint density at radius 2 is 1.58 bits per heavy atom. The maximum Gasteiger partial charge on any atom is 0.330 e. The number of hydrogen-bond acceptors (Lipinski definition) is 6. The summed E-state index contributed by atoms with van der Waals surface area (Å²) >= 11 is 1.50. The summed E-state index contributed by atoms with van der Waals surface area (Å²) in [4.78, 5) is 25.2. The smallest absolute Gasteiger partial charge is 0.330 e. The summed E-state index contributed by atoms with van der Waals surface area (Å²) in [5.41, 5.74) is 12.7. The molecule has 3 aromatic rings. The molecule has 0 saturated heterocycles. The lowest BCUT2D eigenvalue weighted by Crippen LogP contribution is -2.41. The molecular formula is C20H20N2O3S. The number of esters is 2. The first-order valence-electron chi connectivity index (χ1n) is 8.30. The number of ether oxygens (including phenoxy) is 1. The summed E-state index contributed by atoms with van der Waals surface area (Å²) in [5.74, 6) is -1.51. The van der Waals surface area contributed by atoms with Crippen molar-refractivity contribution in [2.24, 2.45) is 11.5 Å². The largest absolute Gasteiger partial charge is 0.391 e.